The Labute approximate surface area is 452 Å². The van der Waals surface area contributed by atoms with Gasteiger partial charge in [-0.1, -0.05) is 212 Å². The van der Waals surface area contributed by atoms with Crippen LogP contribution in [0.3, 0.4) is 0 Å². The maximum absolute atomic E-state index is 12.8. The molecule has 2 unspecified atom stereocenters. The number of rotatable bonds is 51. The lowest BCUT2D eigenvalue weighted by molar-refractivity contribution is -0.870. The molecule has 0 aliphatic carbocycles. The largest absolute Gasteiger partial charge is 0.477 e. The summed E-state index contributed by atoms with van der Waals surface area (Å²) >= 11 is 0. The molecule has 74 heavy (non-hydrogen) atoms. The molecule has 0 saturated carbocycles. The van der Waals surface area contributed by atoms with Gasteiger partial charge < -0.3 is 28.5 Å². The van der Waals surface area contributed by atoms with E-state index in [4.69, 9.17) is 18.9 Å². The Balaban J connectivity index is 4.15. The zero-order valence-corrected chi connectivity index (χ0v) is 47.4. The van der Waals surface area contributed by atoms with Crippen molar-refractivity contribution < 1.29 is 42.9 Å². The van der Waals surface area contributed by atoms with Gasteiger partial charge >= 0.3 is 17.9 Å². The number of esters is 2. The van der Waals surface area contributed by atoms with E-state index in [0.717, 1.165) is 135 Å². The minimum absolute atomic E-state index is 0.178. The van der Waals surface area contributed by atoms with E-state index in [1.165, 1.54) is 32.1 Å². The van der Waals surface area contributed by atoms with Crippen LogP contribution < -0.4 is 0 Å². The number of nitrogens with zero attached hydrogens (tertiary/aromatic N) is 1. The minimum atomic E-state index is -1.52. The summed E-state index contributed by atoms with van der Waals surface area (Å²) in [7, 11) is 5.94. The van der Waals surface area contributed by atoms with Gasteiger partial charge in [0, 0.05) is 12.8 Å². The summed E-state index contributed by atoms with van der Waals surface area (Å²) < 4.78 is 22.7. The van der Waals surface area contributed by atoms with E-state index in [2.05, 4.69) is 148 Å². The van der Waals surface area contributed by atoms with Crippen molar-refractivity contribution in [1.29, 1.82) is 0 Å². The Bertz CT molecular complexity index is 1670. The van der Waals surface area contributed by atoms with Gasteiger partial charge in [-0.3, -0.25) is 9.59 Å². The number of carboxylic acid groups (broad SMARTS) is 1. The van der Waals surface area contributed by atoms with Crippen LogP contribution >= 0.6 is 0 Å². The standard InChI is InChI=1S/C65H105NO8/c1-6-8-10-12-14-16-18-19-20-21-22-23-24-25-26-27-28-29-30-31-32-33-34-35-36-37-38-39-40-41-42-43-44-45-46-48-50-52-54-56-63(68)74-61(60-73-65(64(69)70)71-58-57-66(3,4)5)59-72-62(67)55-53-51-49-47-17-15-13-11-9-7-2/h8,10-11,13-14,16,19-20,22-23,25-26,28-29,31-32,34-35,37-38,40-41,61,65H,6-7,9,12,15,17-18,21,24,27,30,33,36,39,42-60H2,1-5H3/p+1/b10-8-,13-11-,16-14-,20-19-,23-22-,26-25-,29-28-,32-31-,35-34-,38-37-,41-40-. The molecule has 9 nitrogen and oxygen atoms in total. The lowest BCUT2D eigenvalue weighted by atomic mass is 10.1. The van der Waals surface area contributed by atoms with Gasteiger partial charge in [0.05, 0.1) is 34.4 Å². The zero-order chi connectivity index (χ0) is 54.1. The van der Waals surface area contributed by atoms with E-state index < -0.39 is 24.3 Å². The predicted molar refractivity (Wildman–Crippen MR) is 313 cm³/mol. The van der Waals surface area contributed by atoms with Crippen molar-refractivity contribution in [2.24, 2.45) is 0 Å². The Morgan fingerprint density at radius 2 is 0.770 bits per heavy atom. The second-order valence-corrected chi connectivity index (χ2v) is 19.9. The first-order chi connectivity index (χ1) is 36.1. The number of hydrogen-bond acceptors (Lipinski definition) is 7. The fourth-order valence-corrected chi connectivity index (χ4v) is 7.22. The van der Waals surface area contributed by atoms with Crippen LogP contribution in [0.5, 0.6) is 0 Å². The molecule has 0 aliphatic rings. The third-order valence-corrected chi connectivity index (χ3v) is 11.6. The monoisotopic (exact) mass is 1030 g/mol. The van der Waals surface area contributed by atoms with Gasteiger partial charge in [0.15, 0.2) is 6.10 Å². The maximum Gasteiger partial charge on any atom is 0.361 e. The molecule has 0 bridgehead atoms. The number of carbonyl (C=O) groups excluding carboxylic acids is 2. The van der Waals surface area contributed by atoms with Crippen molar-refractivity contribution >= 4 is 17.9 Å². The zero-order valence-electron chi connectivity index (χ0n) is 47.4. The highest BCUT2D eigenvalue weighted by molar-refractivity contribution is 5.71. The molecule has 0 aliphatic heterocycles. The fraction of sp³-hybridized carbons (Fsp3) is 0.615. The predicted octanol–water partition coefficient (Wildman–Crippen LogP) is 17.1. The van der Waals surface area contributed by atoms with Gasteiger partial charge in [-0.25, -0.2) is 4.79 Å². The molecule has 0 amide bonds. The van der Waals surface area contributed by atoms with Gasteiger partial charge in [0.25, 0.3) is 6.29 Å². The van der Waals surface area contributed by atoms with Crippen LogP contribution in [0.25, 0.3) is 0 Å². The van der Waals surface area contributed by atoms with Crippen molar-refractivity contribution in [3.8, 4) is 0 Å². The smallest absolute Gasteiger partial charge is 0.361 e. The second kappa shape index (κ2) is 54.7. The number of aliphatic carboxylic acids is 1. The summed E-state index contributed by atoms with van der Waals surface area (Å²) in [6.07, 6.45) is 75.5. The highest BCUT2D eigenvalue weighted by Crippen LogP contribution is 2.14. The van der Waals surface area contributed by atoms with Gasteiger partial charge in [-0.2, -0.15) is 0 Å². The summed E-state index contributed by atoms with van der Waals surface area (Å²) in [4.78, 5) is 37.2. The van der Waals surface area contributed by atoms with E-state index in [9.17, 15) is 19.5 Å². The molecule has 0 aromatic rings. The van der Waals surface area contributed by atoms with Crippen LogP contribution in [-0.4, -0.2) is 87.4 Å². The quantitative estimate of drug-likeness (QED) is 0.0211. The van der Waals surface area contributed by atoms with Crippen LogP contribution in [0.4, 0.5) is 0 Å². The Morgan fingerprint density at radius 1 is 0.419 bits per heavy atom. The summed E-state index contributed by atoms with van der Waals surface area (Å²) in [5.41, 5.74) is 0. The lowest BCUT2D eigenvalue weighted by Gasteiger charge is -2.25. The molecular formula is C65H106NO8+. The van der Waals surface area contributed by atoms with Crippen molar-refractivity contribution in [3.05, 3.63) is 134 Å². The average Bonchev–Trinajstić information content (AvgIpc) is 3.37. The van der Waals surface area contributed by atoms with Crippen molar-refractivity contribution in [1.82, 2.24) is 0 Å². The van der Waals surface area contributed by atoms with Crippen LogP contribution in [-0.2, 0) is 33.3 Å². The number of carboxylic acids is 1. The Kier molecular flexibility index (Phi) is 51.3. The van der Waals surface area contributed by atoms with E-state index in [1.807, 2.05) is 21.1 Å². The SMILES string of the molecule is CC/C=C\C/C=C\C/C=C\C/C=C\C/C=C\C/C=C\C/C=C\C/C=C\C/C=C\C/C=C\CCCCCCCCCCC(=O)OC(COC(=O)CCCCCCC/C=C\CCC)COC(OCC[N+](C)(C)C)C(=O)O. The highest BCUT2D eigenvalue weighted by atomic mass is 16.7. The van der Waals surface area contributed by atoms with Gasteiger partial charge in [0.2, 0.25) is 0 Å². The van der Waals surface area contributed by atoms with Crippen LogP contribution in [0.15, 0.2) is 134 Å². The first kappa shape index (κ1) is 69.4. The third-order valence-electron chi connectivity index (χ3n) is 11.6. The van der Waals surface area contributed by atoms with Crippen molar-refractivity contribution in [2.75, 3.05) is 47.5 Å². The third kappa shape index (κ3) is 55.2. The average molecular weight is 1030 g/mol. The maximum atomic E-state index is 12.8. The lowest BCUT2D eigenvalue weighted by Crippen LogP contribution is -2.40. The molecule has 0 aromatic heterocycles. The van der Waals surface area contributed by atoms with Gasteiger partial charge in [0.1, 0.15) is 13.2 Å². The van der Waals surface area contributed by atoms with E-state index in [-0.39, 0.29) is 38.6 Å². The minimum Gasteiger partial charge on any atom is -0.477 e. The first-order valence-electron chi connectivity index (χ1n) is 28.8. The van der Waals surface area contributed by atoms with Crippen molar-refractivity contribution in [3.63, 3.8) is 0 Å². The summed E-state index contributed by atoms with van der Waals surface area (Å²) in [5, 5.41) is 9.66. The topological polar surface area (TPSA) is 108 Å². The molecule has 0 fully saturated rings. The number of unbranched alkanes of at least 4 members (excludes halogenated alkanes) is 14. The summed E-state index contributed by atoms with van der Waals surface area (Å²) in [5.74, 6) is -2.05. The first-order valence-corrected chi connectivity index (χ1v) is 28.8. The molecule has 0 radical (unpaired) electrons. The van der Waals surface area contributed by atoms with Crippen LogP contribution in [0, 0.1) is 0 Å². The van der Waals surface area contributed by atoms with E-state index in [1.54, 1.807) is 0 Å². The van der Waals surface area contributed by atoms with Gasteiger partial charge in [-0.15, -0.1) is 0 Å². The molecule has 0 rings (SSSR count). The summed E-state index contributed by atoms with van der Waals surface area (Å²) in [6, 6.07) is 0. The number of hydrogen-bond donors (Lipinski definition) is 1. The molecule has 0 aromatic carbocycles. The van der Waals surface area contributed by atoms with E-state index >= 15 is 0 Å². The van der Waals surface area contributed by atoms with Gasteiger partial charge in [-0.05, 0) is 109 Å². The number of quaternary nitrogens is 1. The Hall–Kier alpha value is -4.57. The van der Waals surface area contributed by atoms with E-state index in [0.29, 0.717) is 17.4 Å². The summed E-state index contributed by atoms with van der Waals surface area (Å²) in [6.45, 7) is 4.65. The highest BCUT2D eigenvalue weighted by Gasteiger charge is 2.25. The molecule has 1 N–H and O–H groups in total. The Morgan fingerprint density at radius 3 is 1.16 bits per heavy atom. The fourth-order valence-electron chi connectivity index (χ4n) is 7.22. The molecular weight excluding hydrogens is 923 g/mol. The molecule has 418 valence electrons. The van der Waals surface area contributed by atoms with Crippen molar-refractivity contribution in [2.45, 2.75) is 212 Å². The molecule has 2 atom stereocenters. The number of allylic oxidation sites excluding steroid dienone is 22. The molecule has 9 heteroatoms. The second-order valence-electron chi connectivity index (χ2n) is 19.9. The number of ether oxygens (including phenoxy) is 4. The normalized spacial score (nSPS) is 13.8. The molecule has 0 saturated heterocycles. The molecule has 0 heterocycles. The molecule has 0 spiro atoms. The van der Waals surface area contributed by atoms with Crippen LogP contribution in [0.1, 0.15) is 200 Å². The number of likely N-dealkylation sites (N-methyl/N-ethyl adjacent to an activating group) is 1. The number of carbonyl (C=O) groups is 3. The van der Waals surface area contributed by atoms with Crippen LogP contribution in [0.2, 0.25) is 0 Å².